The van der Waals surface area contributed by atoms with Gasteiger partial charge < -0.3 is 9.13 Å². The molecule has 33 heavy (non-hydrogen) atoms. The number of hydrogen-bond donors (Lipinski definition) is 0. The lowest BCUT2D eigenvalue weighted by Gasteiger charge is -2.63. The van der Waals surface area contributed by atoms with Crippen LogP contribution >= 0.6 is 0 Å². The molecule has 6 unspecified atom stereocenters. The van der Waals surface area contributed by atoms with Crippen molar-refractivity contribution < 1.29 is 0 Å². The molecule has 2 heterocycles. The van der Waals surface area contributed by atoms with Gasteiger partial charge in [0.25, 0.3) is 0 Å². The van der Waals surface area contributed by atoms with Crippen LogP contribution < -0.4 is 0 Å². The highest BCUT2D eigenvalue weighted by Gasteiger charge is 2.66. The number of imidazole rings is 2. The lowest BCUT2D eigenvalue weighted by atomic mass is 9.44. The van der Waals surface area contributed by atoms with Crippen molar-refractivity contribution >= 4 is 16.7 Å². The van der Waals surface area contributed by atoms with E-state index in [9.17, 15) is 0 Å². The maximum absolute atomic E-state index is 4.71. The van der Waals surface area contributed by atoms with Gasteiger partial charge in [0.2, 0.25) is 0 Å². The number of allylic oxidation sites excluding steroid dienone is 2. The third kappa shape index (κ3) is 2.48. The fraction of sp³-hybridized carbons (Fsp3) is 0.586. The zero-order valence-electron chi connectivity index (χ0n) is 20.2. The van der Waals surface area contributed by atoms with Gasteiger partial charge in [0.15, 0.2) is 0 Å². The average molecular weight is 441 g/mol. The van der Waals surface area contributed by atoms with E-state index in [4.69, 9.17) is 4.98 Å². The molecule has 0 saturated heterocycles. The van der Waals surface area contributed by atoms with Crippen LogP contribution in [0.5, 0.6) is 0 Å². The minimum absolute atomic E-state index is 0.344. The van der Waals surface area contributed by atoms with Crippen LogP contribution in [0.4, 0.5) is 0 Å². The Balaban J connectivity index is 1.27. The first-order valence-electron chi connectivity index (χ1n) is 13.1. The molecule has 4 nitrogen and oxygen atoms in total. The topological polar surface area (TPSA) is 35.6 Å². The van der Waals surface area contributed by atoms with Gasteiger partial charge in [-0.15, -0.1) is 0 Å². The maximum Gasteiger partial charge on any atom is 0.100 e. The molecule has 0 aliphatic heterocycles. The summed E-state index contributed by atoms with van der Waals surface area (Å²) in [5.74, 6) is 3.84. The molecule has 3 saturated carbocycles. The summed E-state index contributed by atoms with van der Waals surface area (Å²) in [6, 6.07) is 9.15. The zero-order chi connectivity index (χ0) is 22.4. The molecule has 0 radical (unpaired) electrons. The maximum atomic E-state index is 4.71. The molecule has 172 valence electrons. The van der Waals surface area contributed by atoms with Gasteiger partial charge in [-0.25, -0.2) is 9.97 Å². The van der Waals surface area contributed by atoms with E-state index in [-0.39, 0.29) is 0 Å². The first-order valence-corrected chi connectivity index (χ1v) is 13.1. The Morgan fingerprint density at radius 2 is 1.91 bits per heavy atom. The highest BCUT2D eigenvalue weighted by atomic mass is 15.1. The van der Waals surface area contributed by atoms with Crippen molar-refractivity contribution in [1.82, 2.24) is 19.1 Å². The summed E-state index contributed by atoms with van der Waals surface area (Å²) in [7, 11) is 0. The van der Waals surface area contributed by atoms with Crippen molar-refractivity contribution in [1.29, 1.82) is 0 Å². The summed E-state index contributed by atoms with van der Waals surface area (Å²) in [4.78, 5) is 9.19. The molecule has 4 heteroatoms. The molecule has 3 fully saturated rings. The highest BCUT2D eigenvalue weighted by Crippen LogP contribution is 2.73. The molecule has 0 bridgehead atoms. The van der Waals surface area contributed by atoms with Crippen molar-refractivity contribution in [3.05, 3.63) is 55.4 Å². The number of fused-ring (bicyclic) bond motifs is 6. The molecule has 0 amide bonds. The lowest BCUT2D eigenvalue weighted by Crippen LogP contribution is -2.57. The van der Waals surface area contributed by atoms with E-state index in [2.05, 4.69) is 84.1 Å². The zero-order valence-corrected chi connectivity index (χ0v) is 20.2. The molecule has 4 aliphatic carbocycles. The molecule has 4 aliphatic rings. The monoisotopic (exact) mass is 440 g/mol. The fourth-order valence-corrected chi connectivity index (χ4v) is 9.40. The number of benzene rings is 1. The summed E-state index contributed by atoms with van der Waals surface area (Å²) in [6.07, 6.45) is 19.0. The van der Waals surface area contributed by atoms with Crippen LogP contribution in [0.3, 0.4) is 0 Å². The molecule has 0 N–H and O–H groups in total. The van der Waals surface area contributed by atoms with E-state index in [1.807, 2.05) is 6.20 Å². The highest BCUT2D eigenvalue weighted by molar-refractivity contribution is 5.79. The van der Waals surface area contributed by atoms with Crippen molar-refractivity contribution in [2.24, 2.45) is 40.4 Å². The van der Waals surface area contributed by atoms with E-state index in [1.54, 1.807) is 0 Å². The summed E-state index contributed by atoms with van der Waals surface area (Å²) in [5, 5.41) is 0. The van der Waals surface area contributed by atoms with E-state index in [0.29, 0.717) is 22.8 Å². The minimum atomic E-state index is 0.344. The van der Waals surface area contributed by atoms with Gasteiger partial charge in [-0.3, -0.25) is 0 Å². The van der Waals surface area contributed by atoms with Gasteiger partial charge in [0, 0.05) is 30.1 Å². The molecular formula is C29H36N4. The Bertz CT molecular complexity index is 1220. The Morgan fingerprint density at radius 1 is 1.03 bits per heavy atom. The van der Waals surface area contributed by atoms with Crippen LogP contribution in [0.2, 0.25) is 0 Å². The van der Waals surface area contributed by atoms with Gasteiger partial charge in [-0.1, -0.05) is 39.0 Å². The predicted octanol–water partition coefficient (Wildman–Crippen LogP) is 6.82. The second kappa shape index (κ2) is 6.84. The number of aromatic nitrogens is 4. The van der Waals surface area contributed by atoms with Crippen LogP contribution in [-0.2, 0) is 0 Å². The van der Waals surface area contributed by atoms with Crippen LogP contribution in [0.15, 0.2) is 55.4 Å². The van der Waals surface area contributed by atoms with E-state index >= 15 is 0 Å². The van der Waals surface area contributed by atoms with Gasteiger partial charge >= 0.3 is 0 Å². The second-order valence-corrected chi connectivity index (χ2v) is 12.0. The average Bonchev–Trinajstić information content (AvgIpc) is 3.61. The third-order valence-corrected chi connectivity index (χ3v) is 11.3. The largest absolute Gasteiger partial charge is 0.334 e. The van der Waals surface area contributed by atoms with Gasteiger partial charge in [-0.2, -0.15) is 0 Å². The van der Waals surface area contributed by atoms with E-state index < -0.39 is 0 Å². The van der Waals surface area contributed by atoms with Crippen LogP contribution in [0, 0.1) is 40.4 Å². The van der Waals surface area contributed by atoms with E-state index in [0.717, 1.165) is 29.2 Å². The molecule has 0 spiro atoms. The van der Waals surface area contributed by atoms with Crippen molar-refractivity contribution in [2.75, 3.05) is 0 Å². The third-order valence-electron chi connectivity index (χ3n) is 11.3. The Hall–Kier alpha value is -2.36. The van der Waals surface area contributed by atoms with Crippen molar-refractivity contribution in [3.63, 3.8) is 0 Å². The van der Waals surface area contributed by atoms with E-state index in [1.165, 1.54) is 49.7 Å². The summed E-state index contributed by atoms with van der Waals surface area (Å²) >= 11 is 0. The normalized spacial score (nSPS) is 42.1. The van der Waals surface area contributed by atoms with Crippen LogP contribution in [-0.4, -0.2) is 19.1 Å². The number of rotatable bonds is 2. The number of nitrogens with zero attached hydrogens (tertiary/aromatic N) is 4. The van der Waals surface area contributed by atoms with Gasteiger partial charge in [-0.05, 0) is 85.2 Å². The molecule has 7 rings (SSSR count). The van der Waals surface area contributed by atoms with Crippen LogP contribution in [0.1, 0.15) is 65.3 Å². The summed E-state index contributed by atoms with van der Waals surface area (Å²) < 4.78 is 4.88. The molecule has 3 aromatic rings. The predicted molar refractivity (Wildman–Crippen MR) is 132 cm³/mol. The fourth-order valence-electron chi connectivity index (χ4n) is 9.40. The summed E-state index contributed by atoms with van der Waals surface area (Å²) in [6.45, 7) is 7.83. The molecule has 2 aromatic heterocycles. The molecular weight excluding hydrogens is 404 g/mol. The van der Waals surface area contributed by atoms with Gasteiger partial charge in [0.1, 0.15) is 6.33 Å². The Kier molecular flexibility index (Phi) is 4.15. The number of para-hydroxylation sites is 2. The van der Waals surface area contributed by atoms with Crippen LogP contribution in [0.25, 0.3) is 16.7 Å². The second-order valence-electron chi connectivity index (χ2n) is 12.0. The SMILES string of the molecule is CC1CC[C@]2(C)C3CCC4C(n5cnc6ccccc65)=CCC4C3C[C@@H](n3ccnc3)C12C. The first-order chi connectivity index (χ1) is 16.0. The quantitative estimate of drug-likeness (QED) is 0.438. The smallest absolute Gasteiger partial charge is 0.100 e. The Morgan fingerprint density at radius 3 is 2.76 bits per heavy atom. The van der Waals surface area contributed by atoms with Crippen molar-refractivity contribution in [2.45, 2.75) is 65.3 Å². The Labute approximate surface area is 197 Å². The number of hydrogen-bond acceptors (Lipinski definition) is 2. The lowest BCUT2D eigenvalue weighted by molar-refractivity contribution is -0.134. The molecule has 1 aromatic carbocycles. The minimum Gasteiger partial charge on any atom is -0.334 e. The first kappa shape index (κ1) is 20.1. The standard InChI is InChI=1S/C29H36N4/c1-19-12-13-28(2)23-10-8-21-20(22(23)16-27(29(19,28)3)32-15-14-30-17-32)9-11-25(21)33-18-31-24-6-4-5-7-26(24)33/h4-7,11,14-15,17-23,27H,8-10,12-13,16H2,1-3H3/t19?,20?,21?,22?,23?,27-,28-,29?/m1/s1. The summed E-state index contributed by atoms with van der Waals surface area (Å²) in [5.41, 5.74) is 4.65. The van der Waals surface area contributed by atoms with Gasteiger partial charge in [0.05, 0.1) is 17.4 Å². The molecule has 8 atom stereocenters. The van der Waals surface area contributed by atoms with Crippen molar-refractivity contribution in [3.8, 4) is 0 Å².